The molecular weight excluding hydrogens is 228 g/mol. The Morgan fingerprint density at radius 3 is 2.67 bits per heavy atom. The summed E-state index contributed by atoms with van der Waals surface area (Å²) in [4.78, 5) is 8.65. The molecule has 18 heavy (non-hydrogen) atoms. The highest BCUT2D eigenvalue weighted by molar-refractivity contribution is 5.46. The van der Waals surface area contributed by atoms with Crippen LogP contribution in [0.5, 0.6) is 0 Å². The van der Waals surface area contributed by atoms with Crippen LogP contribution in [0.2, 0.25) is 0 Å². The van der Waals surface area contributed by atoms with Gasteiger partial charge in [0, 0.05) is 12.0 Å². The Kier molecular flexibility index (Phi) is 3.50. The van der Waals surface area contributed by atoms with Crippen LogP contribution in [0, 0.1) is 0 Å². The number of aromatic nitrogens is 2. The van der Waals surface area contributed by atoms with E-state index in [1.54, 1.807) is 12.3 Å². The standard InChI is InChI=1S/C13H18N4O/c1-8(2)13-16-11(14)7-12(17-13)15-9(3)10-5-4-6-18-10/h4-9H,1-3H3,(H3,14,15,16,17). The van der Waals surface area contributed by atoms with Crippen LogP contribution in [-0.2, 0) is 0 Å². The third-order valence-corrected chi connectivity index (χ3v) is 2.61. The molecule has 0 radical (unpaired) electrons. The van der Waals surface area contributed by atoms with Crippen molar-refractivity contribution >= 4 is 11.6 Å². The Morgan fingerprint density at radius 1 is 1.28 bits per heavy atom. The molecule has 0 fully saturated rings. The predicted molar refractivity (Wildman–Crippen MR) is 71.3 cm³/mol. The molecule has 2 aromatic rings. The van der Waals surface area contributed by atoms with Crippen molar-refractivity contribution in [2.75, 3.05) is 11.1 Å². The summed E-state index contributed by atoms with van der Waals surface area (Å²) in [5.74, 6) is 3.04. The third-order valence-electron chi connectivity index (χ3n) is 2.61. The van der Waals surface area contributed by atoms with Crippen LogP contribution in [0.1, 0.15) is 44.3 Å². The molecule has 2 rings (SSSR count). The summed E-state index contributed by atoms with van der Waals surface area (Å²) in [5, 5.41) is 3.26. The number of nitrogens with two attached hydrogens (primary N) is 1. The Labute approximate surface area is 106 Å². The molecule has 0 aliphatic carbocycles. The summed E-state index contributed by atoms with van der Waals surface area (Å²) in [6.45, 7) is 6.08. The molecule has 0 saturated carbocycles. The summed E-state index contributed by atoms with van der Waals surface area (Å²) in [7, 11) is 0. The van der Waals surface area contributed by atoms with E-state index in [0.717, 1.165) is 17.4 Å². The molecule has 2 heterocycles. The van der Waals surface area contributed by atoms with E-state index in [2.05, 4.69) is 15.3 Å². The van der Waals surface area contributed by atoms with E-state index in [-0.39, 0.29) is 12.0 Å². The monoisotopic (exact) mass is 246 g/mol. The van der Waals surface area contributed by atoms with Gasteiger partial charge in [-0.3, -0.25) is 0 Å². The lowest BCUT2D eigenvalue weighted by Gasteiger charge is -2.14. The highest BCUT2D eigenvalue weighted by atomic mass is 16.3. The van der Waals surface area contributed by atoms with Crippen molar-refractivity contribution in [1.82, 2.24) is 9.97 Å². The van der Waals surface area contributed by atoms with Gasteiger partial charge in [-0.05, 0) is 19.1 Å². The molecule has 96 valence electrons. The van der Waals surface area contributed by atoms with Crippen LogP contribution in [0.25, 0.3) is 0 Å². The Bertz CT molecular complexity index is 508. The normalized spacial score (nSPS) is 12.7. The maximum atomic E-state index is 5.78. The molecule has 1 atom stereocenters. The zero-order valence-corrected chi connectivity index (χ0v) is 10.8. The molecule has 0 aromatic carbocycles. The molecule has 2 aromatic heterocycles. The fourth-order valence-corrected chi connectivity index (χ4v) is 1.65. The number of furan rings is 1. The average molecular weight is 246 g/mol. The quantitative estimate of drug-likeness (QED) is 0.867. The molecule has 0 aliphatic rings. The minimum Gasteiger partial charge on any atom is -0.467 e. The van der Waals surface area contributed by atoms with Crippen LogP contribution in [0.15, 0.2) is 28.9 Å². The summed E-state index contributed by atoms with van der Waals surface area (Å²) in [6, 6.07) is 5.55. The van der Waals surface area contributed by atoms with Gasteiger partial charge in [-0.2, -0.15) is 0 Å². The lowest BCUT2D eigenvalue weighted by atomic mass is 10.2. The SMILES string of the molecule is CC(C)c1nc(N)cc(NC(C)c2ccco2)n1. The number of hydrogen-bond acceptors (Lipinski definition) is 5. The summed E-state index contributed by atoms with van der Waals surface area (Å²) < 4.78 is 5.34. The number of nitrogens with one attached hydrogen (secondary N) is 1. The van der Waals surface area contributed by atoms with Gasteiger partial charge in [0.2, 0.25) is 0 Å². The highest BCUT2D eigenvalue weighted by Crippen LogP contribution is 2.20. The zero-order chi connectivity index (χ0) is 13.1. The summed E-state index contributed by atoms with van der Waals surface area (Å²) in [5.41, 5.74) is 5.78. The topological polar surface area (TPSA) is 77.0 Å². The molecule has 0 bridgehead atoms. The van der Waals surface area contributed by atoms with Gasteiger partial charge >= 0.3 is 0 Å². The summed E-state index contributed by atoms with van der Waals surface area (Å²) in [6.07, 6.45) is 1.65. The first-order valence-corrected chi connectivity index (χ1v) is 6.00. The van der Waals surface area contributed by atoms with Crippen molar-refractivity contribution in [3.05, 3.63) is 36.0 Å². The second-order valence-corrected chi connectivity index (χ2v) is 4.57. The zero-order valence-electron chi connectivity index (χ0n) is 10.8. The van der Waals surface area contributed by atoms with Crippen molar-refractivity contribution in [1.29, 1.82) is 0 Å². The van der Waals surface area contributed by atoms with Gasteiger partial charge in [0.05, 0.1) is 12.3 Å². The van der Waals surface area contributed by atoms with E-state index in [9.17, 15) is 0 Å². The van der Waals surface area contributed by atoms with Gasteiger partial charge in [0.1, 0.15) is 23.2 Å². The smallest absolute Gasteiger partial charge is 0.135 e. The van der Waals surface area contributed by atoms with Crippen molar-refractivity contribution in [2.45, 2.75) is 32.7 Å². The Balaban J connectivity index is 2.18. The van der Waals surface area contributed by atoms with Gasteiger partial charge in [-0.15, -0.1) is 0 Å². The van der Waals surface area contributed by atoms with Gasteiger partial charge in [0.15, 0.2) is 0 Å². The lowest BCUT2D eigenvalue weighted by Crippen LogP contribution is -2.10. The molecule has 0 saturated heterocycles. The number of anilines is 2. The number of hydrogen-bond donors (Lipinski definition) is 2. The van der Waals surface area contributed by atoms with Crippen LogP contribution in [0.3, 0.4) is 0 Å². The molecule has 5 nitrogen and oxygen atoms in total. The lowest BCUT2D eigenvalue weighted by molar-refractivity contribution is 0.490. The van der Waals surface area contributed by atoms with Crippen LogP contribution in [-0.4, -0.2) is 9.97 Å². The molecule has 1 unspecified atom stereocenters. The first-order chi connectivity index (χ1) is 8.56. The summed E-state index contributed by atoms with van der Waals surface area (Å²) >= 11 is 0. The fourth-order valence-electron chi connectivity index (χ4n) is 1.65. The molecule has 3 N–H and O–H groups in total. The van der Waals surface area contributed by atoms with Gasteiger partial charge < -0.3 is 15.5 Å². The van der Waals surface area contributed by atoms with Crippen molar-refractivity contribution in [2.24, 2.45) is 0 Å². The number of nitrogens with zero attached hydrogens (tertiary/aromatic N) is 2. The minimum absolute atomic E-state index is 0.0364. The van der Waals surface area contributed by atoms with E-state index in [4.69, 9.17) is 10.2 Å². The van der Waals surface area contributed by atoms with Crippen LogP contribution in [0.4, 0.5) is 11.6 Å². The van der Waals surface area contributed by atoms with Crippen LogP contribution >= 0.6 is 0 Å². The van der Waals surface area contributed by atoms with Gasteiger partial charge in [-0.25, -0.2) is 9.97 Å². The predicted octanol–water partition coefficient (Wildman–Crippen LogP) is 2.95. The van der Waals surface area contributed by atoms with E-state index >= 15 is 0 Å². The number of nitrogen functional groups attached to an aromatic ring is 1. The maximum absolute atomic E-state index is 5.78. The molecule has 5 heteroatoms. The largest absolute Gasteiger partial charge is 0.467 e. The van der Waals surface area contributed by atoms with Gasteiger partial charge in [-0.1, -0.05) is 13.8 Å². The van der Waals surface area contributed by atoms with Gasteiger partial charge in [0.25, 0.3) is 0 Å². The van der Waals surface area contributed by atoms with E-state index < -0.39 is 0 Å². The molecule has 0 spiro atoms. The second kappa shape index (κ2) is 5.08. The highest BCUT2D eigenvalue weighted by Gasteiger charge is 2.11. The van der Waals surface area contributed by atoms with E-state index in [0.29, 0.717) is 5.82 Å². The molecular formula is C13H18N4O. The second-order valence-electron chi connectivity index (χ2n) is 4.57. The van der Waals surface area contributed by atoms with Crippen molar-refractivity contribution in [3.8, 4) is 0 Å². The maximum Gasteiger partial charge on any atom is 0.135 e. The molecule has 0 amide bonds. The van der Waals surface area contributed by atoms with E-state index in [1.807, 2.05) is 32.9 Å². The van der Waals surface area contributed by atoms with E-state index in [1.165, 1.54) is 0 Å². The molecule has 0 aliphatic heterocycles. The number of rotatable bonds is 4. The Hall–Kier alpha value is -2.04. The fraction of sp³-hybridized carbons (Fsp3) is 0.385. The third kappa shape index (κ3) is 2.80. The van der Waals surface area contributed by atoms with Crippen molar-refractivity contribution in [3.63, 3.8) is 0 Å². The van der Waals surface area contributed by atoms with Crippen LogP contribution < -0.4 is 11.1 Å². The first kappa shape index (κ1) is 12.4. The minimum atomic E-state index is 0.0364. The first-order valence-electron chi connectivity index (χ1n) is 6.00. The average Bonchev–Trinajstić information content (AvgIpc) is 2.81. The van der Waals surface area contributed by atoms with Crippen molar-refractivity contribution < 1.29 is 4.42 Å². The Morgan fingerprint density at radius 2 is 2.06 bits per heavy atom.